The molecule has 1 heterocycles. The van der Waals surface area contributed by atoms with Crippen LogP contribution in [0, 0.1) is 0 Å². The molecule has 0 aliphatic carbocycles. The molecule has 1 amide bonds. The summed E-state index contributed by atoms with van der Waals surface area (Å²) in [5.74, 6) is 0.0370. The number of ether oxygens (including phenoxy) is 1. The van der Waals surface area contributed by atoms with Gasteiger partial charge in [-0.1, -0.05) is 28.1 Å². The van der Waals surface area contributed by atoms with E-state index in [-0.39, 0.29) is 24.1 Å². The Bertz CT molecular complexity index is 436. The van der Waals surface area contributed by atoms with Crippen LogP contribution in [0.1, 0.15) is 24.9 Å². The predicted molar refractivity (Wildman–Crippen MR) is 77.9 cm³/mol. The molecule has 0 aromatic heterocycles. The molecule has 1 aliphatic heterocycles. The van der Waals surface area contributed by atoms with Gasteiger partial charge in [-0.25, -0.2) is 0 Å². The summed E-state index contributed by atoms with van der Waals surface area (Å²) < 4.78 is 6.28. The van der Waals surface area contributed by atoms with E-state index in [4.69, 9.17) is 4.74 Å². The highest BCUT2D eigenvalue weighted by molar-refractivity contribution is 9.10. The molecule has 4 nitrogen and oxygen atoms in total. The number of hydrogen-bond donors (Lipinski definition) is 2. The van der Waals surface area contributed by atoms with Gasteiger partial charge in [-0.05, 0) is 31.0 Å². The maximum Gasteiger partial charge on any atom is 0.237 e. The minimum absolute atomic E-state index is 0.00370. The normalized spacial score (nSPS) is 24.2. The van der Waals surface area contributed by atoms with E-state index in [0.29, 0.717) is 0 Å². The third-order valence-corrected chi connectivity index (χ3v) is 4.00. The molecule has 1 saturated heterocycles. The number of amides is 1. The molecule has 0 spiro atoms. The van der Waals surface area contributed by atoms with Crippen LogP contribution in [-0.4, -0.2) is 31.7 Å². The average molecular weight is 327 g/mol. The number of hydrogen-bond acceptors (Lipinski definition) is 3. The molecule has 0 bridgehead atoms. The van der Waals surface area contributed by atoms with E-state index < -0.39 is 0 Å². The SMILES string of the molecule is COC1CNC(C(=O)N[C@@H](C)c2ccc(Br)cc2)C1. The highest BCUT2D eigenvalue weighted by Gasteiger charge is 2.29. The van der Waals surface area contributed by atoms with Crippen molar-refractivity contribution in [2.24, 2.45) is 0 Å². The molecule has 3 atom stereocenters. The van der Waals surface area contributed by atoms with Crippen molar-refractivity contribution >= 4 is 21.8 Å². The van der Waals surface area contributed by atoms with Gasteiger partial charge in [0.2, 0.25) is 5.91 Å². The van der Waals surface area contributed by atoms with Crippen LogP contribution in [0.2, 0.25) is 0 Å². The van der Waals surface area contributed by atoms with Crippen LogP contribution in [0.4, 0.5) is 0 Å². The first-order valence-electron chi connectivity index (χ1n) is 6.42. The Balaban J connectivity index is 1.90. The lowest BCUT2D eigenvalue weighted by Crippen LogP contribution is -2.41. The number of carbonyl (C=O) groups is 1. The summed E-state index contributed by atoms with van der Waals surface area (Å²) in [7, 11) is 1.68. The maximum atomic E-state index is 12.1. The van der Waals surface area contributed by atoms with Crippen molar-refractivity contribution in [2.45, 2.75) is 31.5 Å². The van der Waals surface area contributed by atoms with Gasteiger partial charge < -0.3 is 15.4 Å². The topological polar surface area (TPSA) is 50.4 Å². The molecular weight excluding hydrogens is 308 g/mol. The van der Waals surface area contributed by atoms with Gasteiger partial charge in [0.25, 0.3) is 0 Å². The summed E-state index contributed by atoms with van der Waals surface area (Å²) in [5, 5.41) is 6.21. The molecule has 1 aromatic rings. The van der Waals surface area contributed by atoms with Crippen LogP contribution in [0.3, 0.4) is 0 Å². The second-order valence-electron chi connectivity index (χ2n) is 4.84. The van der Waals surface area contributed by atoms with Gasteiger partial charge in [0.1, 0.15) is 0 Å². The van der Waals surface area contributed by atoms with Crippen molar-refractivity contribution in [3.8, 4) is 0 Å². The minimum Gasteiger partial charge on any atom is -0.380 e. The molecule has 1 fully saturated rings. The Hall–Kier alpha value is -0.910. The van der Waals surface area contributed by atoms with E-state index >= 15 is 0 Å². The van der Waals surface area contributed by atoms with Gasteiger partial charge in [0.15, 0.2) is 0 Å². The van der Waals surface area contributed by atoms with Crippen molar-refractivity contribution in [1.82, 2.24) is 10.6 Å². The molecule has 2 N–H and O–H groups in total. The largest absolute Gasteiger partial charge is 0.380 e. The zero-order valence-electron chi connectivity index (χ0n) is 11.2. The molecule has 5 heteroatoms. The lowest BCUT2D eigenvalue weighted by molar-refractivity contribution is -0.123. The van der Waals surface area contributed by atoms with Crippen molar-refractivity contribution in [3.05, 3.63) is 34.3 Å². The second kappa shape index (κ2) is 6.50. The Morgan fingerprint density at radius 1 is 1.47 bits per heavy atom. The molecule has 0 radical (unpaired) electrons. The fourth-order valence-electron chi connectivity index (χ4n) is 2.23. The quantitative estimate of drug-likeness (QED) is 0.889. The van der Waals surface area contributed by atoms with Crippen LogP contribution in [0.5, 0.6) is 0 Å². The maximum absolute atomic E-state index is 12.1. The highest BCUT2D eigenvalue weighted by atomic mass is 79.9. The average Bonchev–Trinajstić information content (AvgIpc) is 2.88. The summed E-state index contributed by atoms with van der Waals surface area (Å²) in [6.45, 7) is 2.73. The summed E-state index contributed by atoms with van der Waals surface area (Å²) >= 11 is 3.40. The summed E-state index contributed by atoms with van der Waals surface area (Å²) in [5.41, 5.74) is 1.10. The lowest BCUT2D eigenvalue weighted by atomic mass is 10.1. The van der Waals surface area contributed by atoms with Gasteiger partial charge in [0, 0.05) is 18.1 Å². The molecule has 0 saturated carbocycles. The molecule has 1 aliphatic rings. The number of carbonyl (C=O) groups excluding carboxylic acids is 1. The standard InChI is InChI=1S/C14H19BrN2O2/c1-9(10-3-5-11(15)6-4-10)17-14(18)13-7-12(19-2)8-16-13/h3-6,9,12-13,16H,7-8H2,1-2H3,(H,17,18)/t9-,12?,13?/m0/s1. The van der Waals surface area contributed by atoms with Crippen molar-refractivity contribution < 1.29 is 9.53 Å². The van der Waals surface area contributed by atoms with Gasteiger partial charge in [-0.3, -0.25) is 4.79 Å². The third-order valence-electron chi connectivity index (χ3n) is 3.47. The van der Waals surface area contributed by atoms with Crippen molar-refractivity contribution in [1.29, 1.82) is 0 Å². The highest BCUT2D eigenvalue weighted by Crippen LogP contribution is 2.17. The van der Waals surface area contributed by atoms with Crippen LogP contribution in [0.15, 0.2) is 28.7 Å². The zero-order valence-corrected chi connectivity index (χ0v) is 12.7. The van der Waals surface area contributed by atoms with E-state index in [0.717, 1.165) is 23.0 Å². The fraction of sp³-hybridized carbons (Fsp3) is 0.500. The number of nitrogens with one attached hydrogen (secondary N) is 2. The van der Waals surface area contributed by atoms with Crippen LogP contribution < -0.4 is 10.6 Å². The van der Waals surface area contributed by atoms with E-state index in [1.165, 1.54) is 0 Å². The first-order chi connectivity index (χ1) is 9.10. The Kier molecular flexibility index (Phi) is 4.96. The molecule has 2 rings (SSSR count). The van der Waals surface area contributed by atoms with Gasteiger partial charge in [0.05, 0.1) is 18.2 Å². The Morgan fingerprint density at radius 3 is 2.74 bits per heavy atom. The van der Waals surface area contributed by atoms with Crippen LogP contribution in [0.25, 0.3) is 0 Å². The first kappa shape index (κ1) is 14.5. The van der Waals surface area contributed by atoms with E-state index in [2.05, 4.69) is 26.6 Å². The molecular formula is C14H19BrN2O2. The number of rotatable bonds is 4. The monoisotopic (exact) mass is 326 g/mol. The van der Waals surface area contributed by atoms with Crippen molar-refractivity contribution in [3.63, 3.8) is 0 Å². The third kappa shape index (κ3) is 3.78. The summed E-state index contributed by atoms with van der Waals surface area (Å²) in [6.07, 6.45) is 0.869. The van der Waals surface area contributed by atoms with Gasteiger partial charge in [-0.15, -0.1) is 0 Å². The molecule has 1 aromatic carbocycles. The van der Waals surface area contributed by atoms with E-state index in [1.807, 2.05) is 31.2 Å². The number of benzene rings is 1. The Labute approximate surface area is 122 Å². The van der Waals surface area contributed by atoms with Crippen molar-refractivity contribution in [2.75, 3.05) is 13.7 Å². The Morgan fingerprint density at radius 2 is 2.16 bits per heavy atom. The summed E-state index contributed by atoms with van der Waals surface area (Å²) in [4.78, 5) is 12.1. The fourth-order valence-corrected chi connectivity index (χ4v) is 2.50. The van der Waals surface area contributed by atoms with E-state index in [1.54, 1.807) is 7.11 Å². The minimum atomic E-state index is -0.150. The van der Waals surface area contributed by atoms with Crippen LogP contribution >= 0.6 is 15.9 Å². The van der Waals surface area contributed by atoms with Gasteiger partial charge in [-0.2, -0.15) is 0 Å². The first-order valence-corrected chi connectivity index (χ1v) is 7.21. The number of methoxy groups -OCH3 is 1. The molecule has 19 heavy (non-hydrogen) atoms. The van der Waals surface area contributed by atoms with Crippen LogP contribution in [-0.2, 0) is 9.53 Å². The second-order valence-corrected chi connectivity index (χ2v) is 5.75. The number of halogens is 1. The smallest absolute Gasteiger partial charge is 0.237 e. The lowest BCUT2D eigenvalue weighted by Gasteiger charge is -2.17. The predicted octanol–water partition coefficient (Wildman–Crippen LogP) is 2.00. The van der Waals surface area contributed by atoms with E-state index in [9.17, 15) is 4.79 Å². The van der Waals surface area contributed by atoms with Gasteiger partial charge >= 0.3 is 0 Å². The summed E-state index contributed by atoms with van der Waals surface area (Å²) in [6, 6.07) is 7.83. The molecule has 104 valence electrons. The zero-order chi connectivity index (χ0) is 13.8. The molecule has 2 unspecified atom stereocenters.